The standard InChI is InChI=1S/2C10H10O7S.2Ba/c2*1-4-5(2)8(10(13)14)6(9(11)12)3-7(4)18(15,16)17;;/h2*3H,1-2H3,(H,11,12)(H,13,14)(H,15,16,17);;/q;;2*+2/p-4. The van der Waals surface area contributed by atoms with Gasteiger partial charge in [-0.3, -0.25) is 9.11 Å². The number of hydrogen-bond donors (Lipinski definition) is 2. The summed E-state index contributed by atoms with van der Waals surface area (Å²) in [6.07, 6.45) is 0. The van der Waals surface area contributed by atoms with Crippen molar-refractivity contribution in [1.29, 1.82) is 0 Å². The Morgan fingerprint density at radius 2 is 0.789 bits per heavy atom. The Morgan fingerprint density at radius 1 is 0.553 bits per heavy atom. The summed E-state index contributed by atoms with van der Waals surface area (Å²) < 4.78 is 62.0. The molecule has 2 aromatic carbocycles. The largest absolute Gasteiger partial charge is 2.00 e. The first-order valence-electron chi connectivity index (χ1n) is 9.23. The molecule has 0 fully saturated rings. The van der Waals surface area contributed by atoms with Gasteiger partial charge in [0.1, 0.15) is 0 Å². The van der Waals surface area contributed by atoms with Crippen molar-refractivity contribution in [3.05, 3.63) is 56.6 Å². The van der Waals surface area contributed by atoms with E-state index in [2.05, 4.69) is 0 Å². The van der Waals surface area contributed by atoms with Crippen LogP contribution in [-0.4, -0.2) is 148 Å². The van der Waals surface area contributed by atoms with Gasteiger partial charge in [-0.2, -0.15) is 16.8 Å². The zero-order valence-corrected chi connectivity index (χ0v) is 30.7. The average molecular weight is 819 g/mol. The summed E-state index contributed by atoms with van der Waals surface area (Å²) in [7, 11) is -9.32. The maximum absolute atomic E-state index is 11.0. The van der Waals surface area contributed by atoms with E-state index in [0.29, 0.717) is 12.1 Å². The number of carboxylic acids is 4. The van der Waals surface area contributed by atoms with E-state index in [1.165, 1.54) is 27.7 Å². The molecular weight excluding hydrogens is 803 g/mol. The third kappa shape index (κ3) is 9.16. The zero-order chi connectivity index (χ0) is 28.5. The Labute approximate surface area is 297 Å². The van der Waals surface area contributed by atoms with E-state index in [9.17, 15) is 56.4 Å². The molecule has 0 radical (unpaired) electrons. The number of benzene rings is 2. The smallest absolute Gasteiger partial charge is 0.545 e. The molecule has 0 aromatic heterocycles. The van der Waals surface area contributed by atoms with Gasteiger partial charge in [0, 0.05) is 22.3 Å². The second kappa shape index (κ2) is 14.8. The van der Waals surface area contributed by atoms with E-state index in [4.69, 9.17) is 9.11 Å². The van der Waals surface area contributed by atoms with Crippen molar-refractivity contribution in [2.24, 2.45) is 0 Å². The van der Waals surface area contributed by atoms with Crippen LogP contribution in [0.1, 0.15) is 63.7 Å². The zero-order valence-electron chi connectivity index (χ0n) is 20.2. The van der Waals surface area contributed by atoms with E-state index >= 15 is 0 Å². The van der Waals surface area contributed by atoms with E-state index in [1.54, 1.807) is 0 Å². The second-order valence-electron chi connectivity index (χ2n) is 7.19. The van der Waals surface area contributed by atoms with Gasteiger partial charge in [-0.25, -0.2) is 0 Å². The van der Waals surface area contributed by atoms with E-state index in [1.807, 2.05) is 0 Å². The first-order chi connectivity index (χ1) is 16.1. The topological polar surface area (TPSA) is 269 Å². The molecule has 0 aliphatic carbocycles. The maximum atomic E-state index is 11.0. The molecule has 18 heteroatoms. The van der Waals surface area contributed by atoms with Crippen molar-refractivity contribution < 1.29 is 65.5 Å². The summed E-state index contributed by atoms with van der Waals surface area (Å²) in [5, 5.41) is 43.3. The summed E-state index contributed by atoms with van der Waals surface area (Å²) in [5.41, 5.74) is -3.42. The van der Waals surface area contributed by atoms with Crippen molar-refractivity contribution in [3.63, 3.8) is 0 Å². The first-order valence-corrected chi connectivity index (χ1v) is 12.1. The fourth-order valence-corrected chi connectivity index (χ4v) is 4.77. The molecule has 0 atom stereocenters. The van der Waals surface area contributed by atoms with Crippen LogP contribution in [0.4, 0.5) is 0 Å². The molecular formula is C20H16Ba2O14S2. The summed E-state index contributed by atoms with van der Waals surface area (Å²) in [4.78, 5) is 41.9. The monoisotopic (exact) mass is 820 g/mol. The second-order valence-corrected chi connectivity index (χ2v) is 9.97. The molecule has 0 bridgehead atoms. The minimum atomic E-state index is -4.66. The number of carbonyl (C=O) groups excluding carboxylic acids is 4. The Bertz CT molecular complexity index is 1410. The van der Waals surface area contributed by atoms with Crippen LogP contribution in [0.5, 0.6) is 0 Å². The molecule has 0 amide bonds. The Morgan fingerprint density at radius 3 is 0.947 bits per heavy atom. The molecule has 0 saturated heterocycles. The van der Waals surface area contributed by atoms with Crippen LogP contribution < -0.4 is 20.4 Å². The summed E-state index contributed by atoms with van der Waals surface area (Å²) in [6, 6.07) is 1.08. The molecule has 0 aliphatic rings. The Kier molecular flexibility index (Phi) is 15.3. The molecule has 0 spiro atoms. The fourth-order valence-electron chi connectivity index (χ4n) is 3.16. The SMILES string of the molecule is Cc1c(S(=O)(=O)O)cc(C(=O)[O-])c(C(=O)[O-])c1C.Cc1c(S(=O)(=O)O)cc(C(=O)[O-])c(C(=O)[O-])c1C.[Ba+2].[Ba+2]. The fraction of sp³-hybridized carbons (Fsp3) is 0.200. The van der Waals surface area contributed by atoms with Gasteiger partial charge in [-0.05, 0) is 62.1 Å². The van der Waals surface area contributed by atoms with Crippen molar-refractivity contribution in [2.45, 2.75) is 37.5 Å². The van der Waals surface area contributed by atoms with Gasteiger partial charge in [-0.1, -0.05) is 0 Å². The third-order valence-corrected chi connectivity index (χ3v) is 7.07. The van der Waals surface area contributed by atoms with Crippen LogP contribution >= 0.6 is 0 Å². The minimum Gasteiger partial charge on any atom is -0.545 e. The van der Waals surface area contributed by atoms with Gasteiger partial charge in [0.2, 0.25) is 0 Å². The molecule has 38 heavy (non-hydrogen) atoms. The quantitative estimate of drug-likeness (QED) is 0.207. The van der Waals surface area contributed by atoms with Gasteiger partial charge in [0.25, 0.3) is 20.2 Å². The van der Waals surface area contributed by atoms with Crippen molar-refractivity contribution in [3.8, 4) is 0 Å². The molecule has 196 valence electrons. The molecule has 2 N–H and O–H groups in total. The van der Waals surface area contributed by atoms with Gasteiger partial charge in [-0.15, -0.1) is 0 Å². The van der Waals surface area contributed by atoms with Gasteiger partial charge < -0.3 is 39.6 Å². The van der Waals surface area contributed by atoms with E-state index in [-0.39, 0.29) is 120 Å². The number of carbonyl (C=O) groups is 4. The predicted molar refractivity (Wildman–Crippen MR) is 120 cm³/mol. The number of hydrogen-bond acceptors (Lipinski definition) is 12. The van der Waals surface area contributed by atoms with Gasteiger partial charge >= 0.3 is 97.8 Å². The van der Waals surface area contributed by atoms with Crippen LogP contribution in [0, 0.1) is 27.7 Å². The number of carboxylic acid groups (broad SMARTS) is 4. The van der Waals surface area contributed by atoms with Crippen LogP contribution in [0.3, 0.4) is 0 Å². The van der Waals surface area contributed by atoms with Crippen molar-refractivity contribution >= 4 is 142 Å². The minimum absolute atomic E-state index is 0. The molecule has 2 aromatic rings. The average Bonchev–Trinajstić information content (AvgIpc) is 2.69. The third-order valence-electron chi connectivity index (χ3n) is 5.11. The van der Waals surface area contributed by atoms with E-state index in [0.717, 1.165) is 0 Å². The van der Waals surface area contributed by atoms with Gasteiger partial charge in [0.15, 0.2) is 0 Å². The summed E-state index contributed by atoms with van der Waals surface area (Å²) in [6.45, 7) is 4.90. The van der Waals surface area contributed by atoms with Crippen LogP contribution in [0.25, 0.3) is 0 Å². The van der Waals surface area contributed by atoms with Crippen LogP contribution in [-0.2, 0) is 20.2 Å². The Balaban J connectivity index is 0. The molecule has 0 aliphatic heterocycles. The molecule has 14 nitrogen and oxygen atoms in total. The Hall–Kier alpha value is -0.717. The number of aromatic carboxylic acids is 4. The van der Waals surface area contributed by atoms with Crippen molar-refractivity contribution in [2.75, 3.05) is 0 Å². The van der Waals surface area contributed by atoms with Crippen LogP contribution in [0.15, 0.2) is 21.9 Å². The predicted octanol–water partition coefficient (Wildman–Crippen LogP) is -4.21. The summed E-state index contributed by atoms with van der Waals surface area (Å²) >= 11 is 0. The molecule has 0 saturated carbocycles. The normalized spacial score (nSPS) is 10.7. The molecule has 2 rings (SSSR count). The van der Waals surface area contributed by atoms with Crippen molar-refractivity contribution in [1.82, 2.24) is 0 Å². The molecule has 0 unspecified atom stereocenters. The first kappa shape index (κ1) is 39.4. The summed E-state index contributed by atoms with van der Waals surface area (Å²) in [5.74, 6) is -7.28. The van der Waals surface area contributed by atoms with E-state index < -0.39 is 76.2 Å². The number of rotatable bonds is 6. The maximum Gasteiger partial charge on any atom is 2.00 e. The van der Waals surface area contributed by atoms with Crippen LogP contribution in [0.2, 0.25) is 0 Å². The van der Waals surface area contributed by atoms with Gasteiger partial charge in [0.05, 0.1) is 33.7 Å². The molecule has 0 heterocycles.